The highest BCUT2D eigenvalue weighted by molar-refractivity contribution is 9.10. The van der Waals surface area contributed by atoms with Gasteiger partial charge in [-0.3, -0.25) is 0 Å². The van der Waals surface area contributed by atoms with Crippen molar-refractivity contribution in [1.29, 1.82) is 0 Å². The molecule has 1 atom stereocenters. The van der Waals surface area contributed by atoms with Gasteiger partial charge in [0.1, 0.15) is 11.5 Å². The van der Waals surface area contributed by atoms with Crippen LogP contribution in [-0.4, -0.2) is 5.11 Å². The van der Waals surface area contributed by atoms with Gasteiger partial charge in [0.25, 0.3) is 0 Å². The second kappa shape index (κ2) is 5.74. The standard InChI is InChI=1S/C14H12BrClO2/c1-9(17)10-5-6-14(13(15)7-10)18-12-4-2-3-11(16)8-12/h2-9,17H,1H3/t9-/m1/s1. The Bertz CT molecular complexity index is 555. The lowest BCUT2D eigenvalue weighted by molar-refractivity contribution is 0.199. The maximum absolute atomic E-state index is 9.49. The van der Waals surface area contributed by atoms with Gasteiger partial charge in [-0.1, -0.05) is 23.7 Å². The number of rotatable bonds is 3. The fourth-order valence-corrected chi connectivity index (χ4v) is 2.17. The first-order valence-electron chi connectivity index (χ1n) is 5.47. The molecule has 0 aliphatic carbocycles. The summed E-state index contributed by atoms with van der Waals surface area (Å²) < 4.78 is 6.50. The molecule has 0 saturated heterocycles. The monoisotopic (exact) mass is 326 g/mol. The van der Waals surface area contributed by atoms with Gasteiger partial charge in [-0.2, -0.15) is 0 Å². The molecule has 2 aromatic carbocycles. The van der Waals surface area contributed by atoms with E-state index >= 15 is 0 Å². The van der Waals surface area contributed by atoms with E-state index in [1.807, 2.05) is 30.3 Å². The summed E-state index contributed by atoms with van der Waals surface area (Å²) in [5.74, 6) is 1.36. The molecule has 0 aliphatic rings. The molecule has 0 aromatic heterocycles. The van der Waals surface area contributed by atoms with E-state index < -0.39 is 6.10 Å². The Morgan fingerprint density at radius 2 is 2.00 bits per heavy atom. The van der Waals surface area contributed by atoms with Crippen molar-refractivity contribution in [3.63, 3.8) is 0 Å². The summed E-state index contributed by atoms with van der Waals surface area (Å²) in [6.07, 6.45) is -0.499. The number of aliphatic hydroxyl groups excluding tert-OH is 1. The average Bonchev–Trinajstić information content (AvgIpc) is 2.31. The molecule has 2 nitrogen and oxygen atoms in total. The minimum absolute atomic E-state index is 0.499. The molecular formula is C14H12BrClO2. The number of hydrogen-bond acceptors (Lipinski definition) is 2. The predicted octanol–water partition coefficient (Wildman–Crippen LogP) is 4.95. The van der Waals surface area contributed by atoms with E-state index in [2.05, 4.69) is 15.9 Å². The van der Waals surface area contributed by atoms with Crippen molar-refractivity contribution in [3.05, 3.63) is 57.5 Å². The fraction of sp³-hybridized carbons (Fsp3) is 0.143. The summed E-state index contributed by atoms with van der Waals surface area (Å²) >= 11 is 9.32. The maximum Gasteiger partial charge on any atom is 0.141 e. The van der Waals surface area contributed by atoms with Crippen LogP contribution in [-0.2, 0) is 0 Å². The van der Waals surface area contributed by atoms with Crippen molar-refractivity contribution in [3.8, 4) is 11.5 Å². The molecule has 0 fully saturated rings. The quantitative estimate of drug-likeness (QED) is 0.864. The number of ether oxygens (including phenoxy) is 1. The highest BCUT2D eigenvalue weighted by Crippen LogP contribution is 2.32. The van der Waals surface area contributed by atoms with Gasteiger partial charge in [0, 0.05) is 5.02 Å². The van der Waals surface area contributed by atoms with Crippen molar-refractivity contribution >= 4 is 27.5 Å². The summed E-state index contributed by atoms with van der Waals surface area (Å²) in [7, 11) is 0. The second-order valence-electron chi connectivity index (χ2n) is 3.93. The van der Waals surface area contributed by atoms with Gasteiger partial charge >= 0.3 is 0 Å². The second-order valence-corrected chi connectivity index (χ2v) is 5.22. The number of hydrogen-bond donors (Lipinski definition) is 1. The molecule has 2 rings (SSSR count). The smallest absolute Gasteiger partial charge is 0.141 e. The summed E-state index contributed by atoms with van der Waals surface area (Å²) in [6.45, 7) is 1.72. The summed E-state index contributed by atoms with van der Waals surface area (Å²) in [5.41, 5.74) is 0.834. The summed E-state index contributed by atoms with van der Waals surface area (Å²) in [6, 6.07) is 12.7. The van der Waals surface area contributed by atoms with Crippen molar-refractivity contribution < 1.29 is 9.84 Å². The third-order valence-electron chi connectivity index (χ3n) is 2.46. The van der Waals surface area contributed by atoms with Gasteiger partial charge in [-0.15, -0.1) is 0 Å². The minimum Gasteiger partial charge on any atom is -0.456 e. The molecule has 0 amide bonds. The largest absolute Gasteiger partial charge is 0.456 e. The molecule has 2 aromatic rings. The summed E-state index contributed by atoms with van der Waals surface area (Å²) in [5, 5.41) is 10.1. The Labute approximate surface area is 119 Å². The number of aliphatic hydroxyl groups is 1. The van der Waals surface area contributed by atoms with Gasteiger partial charge in [0.05, 0.1) is 10.6 Å². The maximum atomic E-state index is 9.49. The molecule has 0 unspecified atom stereocenters. The zero-order valence-electron chi connectivity index (χ0n) is 9.73. The fourth-order valence-electron chi connectivity index (χ4n) is 1.52. The normalized spacial score (nSPS) is 12.2. The van der Waals surface area contributed by atoms with E-state index in [0.29, 0.717) is 16.5 Å². The van der Waals surface area contributed by atoms with Gasteiger partial charge < -0.3 is 9.84 Å². The SMILES string of the molecule is C[C@@H](O)c1ccc(Oc2cccc(Cl)c2)c(Br)c1. The van der Waals surface area contributed by atoms with Crippen molar-refractivity contribution in [2.75, 3.05) is 0 Å². The Balaban J connectivity index is 2.24. The van der Waals surface area contributed by atoms with E-state index in [0.717, 1.165) is 10.0 Å². The van der Waals surface area contributed by atoms with Crippen molar-refractivity contribution in [1.82, 2.24) is 0 Å². The van der Waals surface area contributed by atoms with Gasteiger partial charge in [-0.25, -0.2) is 0 Å². The molecule has 94 valence electrons. The number of benzene rings is 2. The summed E-state index contributed by atoms with van der Waals surface area (Å²) in [4.78, 5) is 0. The lowest BCUT2D eigenvalue weighted by Crippen LogP contribution is -1.92. The molecule has 0 heterocycles. The Kier molecular flexibility index (Phi) is 4.27. The topological polar surface area (TPSA) is 29.5 Å². The van der Waals surface area contributed by atoms with Crippen LogP contribution in [0, 0.1) is 0 Å². The molecule has 18 heavy (non-hydrogen) atoms. The van der Waals surface area contributed by atoms with Crippen molar-refractivity contribution in [2.24, 2.45) is 0 Å². The van der Waals surface area contributed by atoms with Crippen LogP contribution < -0.4 is 4.74 Å². The van der Waals surface area contributed by atoms with E-state index in [1.165, 1.54) is 0 Å². The van der Waals surface area contributed by atoms with Gasteiger partial charge in [-0.05, 0) is 58.7 Å². The van der Waals surface area contributed by atoms with Crippen LogP contribution in [0.25, 0.3) is 0 Å². The van der Waals surface area contributed by atoms with Crippen molar-refractivity contribution in [2.45, 2.75) is 13.0 Å². The average molecular weight is 328 g/mol. The van der Waals surface area contributed by atoms with E-state index in [9.17, 15) is 5.11 Å². The highest BCUT2D eigenvalue weighted by atomic mass is 79.9. The Hall–Kier alpha value is -1.03. The van der Waals surface area contributed by atoms with Crippen LogP contribution in [0.2, 0.25) is 5.02 Å². The first kappa shape index (κ1) is 13.4. The number of halogens is 2. The van der Waals surface area contributed by atoms with Gasteiger partial charge in [0.15, 0.2) is 0 Å². The zero-order chi connectivity index (χ0) is 13.1. The Morgan fingerprint density at radius 3 is 2.61 bits per heavy atom. The molecule has 4 heteroatoms. The van der Waals surface area contributed by atoms with Crippen LogP contribution in [0.1, 0.15) is 18.6 Å². The third kappa shape index (κ3) is 3.25. The predicted molar refractivity (Wildman–Crippen MR) is 76.3 cm³/mol. The highest BCUT2D eigenvalue weighted by Gasteiger charge is 2.07. The van der Waals surface area contributed by atoms with Crippen LogP contribution in [0.15, 0.2) is 46.9 Å². The molecule has 0 aliphatic heterocycles. The van der Waals surface area contributed by atoms with Gasteiger partial charge in [0.2, 0.25) is 0 Å². The van der Waals surface area contributed by atoms with E-state index in [-0.39, 0.29) is 0 Å². The first-order valence-corrected chi connectivity index (χ1v) is 6.64. The van der Waals surface area contributed by atoms with E-state index in [4.69, 9.17) is 16.3 Å². The Morgan fingerprint density at radius 1 is 1.22 bits per heavy atom. The first-order chi connectivity index (χ1) is 8.56. The molecule has 0 saturated carbocycles. The van der Waals surface area contributed by atoms with Crippen LogP contribution >= 0.6 is 27.5 Å². The van der Waals surface area contributed by atoms with E-state index in [1.54, 1.807) is 19.1 Å². The third-order valence-corrected chi connectivity index (χ3v) is 3.32. The lowest BCUT2D eigenvalue weighted by Gasteiger charge is -2.10. The molecule has 1 N–H and O–H groups in total. The minimum atomic E-state index is -0.499. The zero-order valence-corrected chi connectivity index (χ0v) is 12.1. The molecule has 0 radical (unpaired) electrons. The van der Waals surface area contributed by atoms with Crippen LogP contribution in [0.3, 0.4) is 0 Å². The van der Waals surface area contributed by atoms with Crippen LogP contribution in [0.4, 0.5) is 0 Å². The molecular weight excluding hydrogens is 316 g/mol. The molecule has 0 bridgehead atoms. The van der Waals surface area contributed by atoms with Crippen LogP contribution in [0.5, 0.6) is 11.5 Å². The lowest BCUT2D eigenvalue weighted by atomic mass is 10.1. The molecule has 0 spiro atoms.